The monoisotopic (exact) mass is 151 g/mol. The van der Waals surface area contributed by atoms with E-state index in [1.165, 1.54) is 5.57 Å². The van der Waals surface area contributed by atoms with Crippen molar-refractivity contribution in [1.82, 2.24) is 0 Å². The van der Waals surface area contributed by atoms with Gasteiger partial charge < -0.3 is 0 Å². The molecule has 0 unspecified atom stereocenters. The number of hydrogen-bond donors (Lipinski definition) is 0. The van der Waals surface area contributed by atoms with Crippen LogP contribution in [0.25, 0.3) is 0 Å². The first-order chi connectivity index (χ1) is 5.09. The van der Waals surface area contributed by atoms with Gasteiger partial charge in [0.1, 0.15) is 0 Å². The summed E-state index contributed by atoms with van der Waals surface area (Å²) in [6.45, 7) is 12.0. The Morgan fingerprint density at radius 3 is 2.27 bits per heavy atom. The van der Waals surface area contributed by atoms with Crippen LogP contribution in [-0.4, -0.2) is 6.21 Å². The van der Waals surface area contributed by atoms with E-state index < -0.39 is 0 Å². The lowest BCUT2D eigenvalue weighted by Crippen LogP contribution is -1.91. The maximum Gasteiger partial charge on any atom is 0.0364 e. The van der Waals surface area contributed by atoms with E-state index in [2.05, 4.69) is 32.3 Å². The molecule has 0 rings (SSSR count). The van der Waals surface area contributed by atoms with Crippen LogP contribution in [0.5, 0.6) is 0 Å². The van der Waals surface area contributed by atoms with Crippen LogP contribution in [-0.2, 0) is 0 Å². The van der Waals surface area contributed by atoms with Crippen molar-refractivity contribution in [3.63, 3.8) is 0 Å². The van der Waals surface area contributed by atoms with Crippen molar-refractivity contribution in [2.75, 3.05) is 0 Å². The third kappa shape index (κ3) is 3.76. The van der Waals surface area contributed by atoms with E-state index in [-0.39, 0.29) is 0 Å². The first-order valence-electron chi connectivity index (χ1n) is 3.92. The van der Waals surface area contributed by atoms with Gasteiger partial charge in [0.25, 0.3) is 0 Å². The maximum absolute atomic E-state index is 4.20. The Bertz CT molecular complexity index is 185. The molecule has 1 nitrogen and oxygen atoms in total. The molecule has 0 heterocycles. The minimum Gasteiger partial charge on any atom is -0.262 e. The van der Waals surface area contributed by atoms with Crippen LogP contribution in [0.2, 0.25) is 0 Å². The molecule has 0 aliphatic carbocycles. The average Bonchev–Trinajstić information content (AvgIpc) is 1.98. The number of hydrogen-bond acceptors (Lipinski definition) is 1. The average molecular weight is 151 g/mol. The quantitative estimate of drug-likeness (QED) is 0.549. The summed E-state index contributed by atoms with van der Waals surface area (Å²) in [7, 11) is 0. The molecule has 0 aromatic heterocycles. The molecule has 11 heavy (non-hydrogen) atoms. The molecule has 0 aromatic carbocycles. The van der Waals surface area contributed by atoms with E-state index in [4.69, 9.17) is 0 Å². The van der Waals surface area contributed by atoms with Gasteiger partial charge in [-0.15, -0.1) is 0 Å². The zero-order valence-electron chi connectivity index (χ0n) is 7.89. The van der Waals surface area contributed by atoms with Crippen molar-refractivity contribution in [2.45, 2.75) is 27.7 Å². The normalized spacial score (nSPS) is 13.9. The molecule has 0 aromatic rings. The molecule has 1 heteroatoms. The molecular formula is C10H17N. The van der Waals surface area contributed by atoms with Crippen LogP contribution in [0.3, 0.4) is 0 Å². The third-order valence-corrected chi connectivity index (χ3v) is 1.81. The van der Waals surface area contributed by atoms with Crippen LogP contribution < -0.4 is 0 Å². The highest BCUT2D eigenvalue weighted by molar-refractivity contribution is 5.71. The van der Waals surface area contributed by atoms with Crippen LogP contribution in [0, 0.1) is 5.92 Å². The summed E-state index contributed by atoms with van der Waals surface area (Å²) in [4.78, 5) is 4.20. The minimum absolute atomic E-state index is 0.581. The van der Waals surface area contributed by atoms with Gasteiger partial charge in [0.2, 0.25) is 0 Å². The number of rotatable bonds is 3. The van der Waals surface area contributed by atoms with E-state index in [0.29, 0.717) is 5.92 Å². The van der Waals surface area contributed by atoms with E-state index in [1.54, 1.807) is 12.3 Å². The fourth-order valence-corrected chi connectivity index (χ4v) is 0.684. The topological polar surface area (TPSA) is 12.4 Å². The lowest BCUT2D eigenvalue weighted by Gasteiger charge is -2.06. The largest absolute Gasteiger partial charge is 0.262 e. The van der Waals surface area contributed by atoms with Crippen molar-refractivity contribution in [3.8, 4) is 0 Å². The van der Waals surface area contributed by atoms with Crippen molar-refractivity contribution in [2.24, 2.45) is 10.9 Å². The lowest BCUT2D eigenvalue weighted by molar-refractivity contribution is 0.754. The first kappa shape index (κ1) is 10.2. The molecule has 0 fully saturated rings. The lowest BCUT2D eigenvalue weighted by atomic mass is 10.0. The standard InChI is InChI=1S/C10H17N/c1-6-7-11-10(5)9(4)8(2)3/h6-8H,1H2,2-5H3/b10-9+,11-7?. The van der Waals surface area contributed by atoms with Gasteiger partial charge in [0.15, 0.2) is 0 Å². The second-order valence-electron chi connectivity index (χ2n) is 2.94. The number of aliphatic imine (C=N–C) groups is 1. The minimum atomic E-state index is 0.581. The summed E-state index contributed by atoms with van der Waals surface area (Å²) in [6.07, 6.45) is 3.42. The highest BCUT2D eigenvalue weighted by Crippen LogP contribution is 2.13. The molecular weight excluding hydrogens is 134 g/mol. The van der Waals surface area contributed by atoms with Crippen molar-refractivity contribution in [3.05, 3.63) is 23.9 Å². The SMILES string of the molecule is C=CC=N/C(C)=C(\C)C(C)C. The summed E-state index contributed by atoms with van der Waals surface area (Å²) >= 11 is 0. The summed E-state index contributed by atoms with van der Waals surface area (Å²) in [6, 6.07) is 0. The molecule has 0 aliphatic heterocycles. The Kier molecular flexibility index (Phi) is 4.51. The Hall–Kier alpha value is -0.850. The molecule has 0 radical (unpaired) electrons. The Balaban J connectivity index is 4.39. The van der Waals surface area contributed by atoms with Crippen LogP contribution >= 0.6 is 0 Å². The van der Waals surface area contributed by atoms with Crippen LogP contribution in [0.1, 0.15) is 27.7 Å². The maximum atomic E-state index is 4.20. The molecule has 0 aliphatic rings. The van der Waals surface area contributed by atoms with Gasteiger partial charge in [-0.1, -0.05) is 26.5 Å². The van der Waals surface area contributed by atoms with Gasteiger partial charge >= 0.3 is 0 Å². The molecule has 0 spiro atoms. The van der Waals surface area contributed by atoms with Gasteiger partial charge in [0.05, 0.1) is 0 Å². The van der Waals surface area contributed by atoms with Gasteiger partial charge in [0, 0.05) is 11.9 Å². The fraction of sp³-hybridized carbons (Fsp3) is 0.500. The highest BCUT2D eigenvalue weighted by atomic mass is 14.7. The van der Waals surface area contributed by atoms with Crippen LogP contribution in [0.15, 0.2) is 28.9 Å². The predicted octanol–water partition coefficient (Wildman–Crippen LogP) is 3.19. The molecule has 0 saturated heterocycles. The molecule has 0 N–H and O–H groups in total. The summed E-state index contributed by atoms with van der Waals surface area (Å²) in [5.41, 5.74) is 2.43. The molecule has 0 amide bonds. The predicted molar refractivity (Wildman–Crippen MR) is 51.9 cm³/mol. The first-order valence-corrected chi connectivity index (χ1v) is 3.92. The number of allylic oxidation sites excluding steroid dienone is 3. The zero-order chi connectivity index (χ0) is 8.85. The summed E-state index contributed by atoms with van der Waals surface area (Å²) in [5.74, 6) is 0.581. The van der Waals surface area contributed by atoms with Crippen molar-refractivity contribution in [1.29, 1.82) is 0 Å². The van der Waals surface area contributed by atoms with Gasteiger partial charge in [-0.2, -0.15) is 0 Å². The summed E-state index contributed by atoms with van der Waals surface area (Å²) < 4.78 is 0. The van der Waals surface area contributed by atoms with E-state index in [9.17, 15) is 0 Å². The third-order valence-electron chi connectivity index (χ3n) is 1.81. The number of nitrogens with zero attached hydrogens (tertiary/aromatic N) is 1. The Morgan fingerprint density at radius 2 is 1.91 bits per heavy atom. The molecule has 0 bridgehead atoms. The molecule has 0 atom stereocenters. The molecule has 62 valence electrons. The van der Waals surface area contributed by atoms with Crippen molar-refractivity contribution >= 4 is 6.21 Å². The fourth-order valence-electron chi connectivity index (χ4n) is 0.684. The zero-order valence-corrected chi connectivity index (χ0v) is 7.89. The van der Waals surface area contributed by atoms with Gasteiger partial charge in [-0.25, -0.2) is 0 Å². The smallest absolute Gasteiger partial charge is 0.0364 e. The second-order valence-corrected chi connectivity index (χ2v) is 2.94. The van der Waals surface area contributed by atoms with E-state index in [0.717, 1.165) is 5.70 Å². The molecule has 0 saturated carbocycles. The van der Waals surface area contributed by atoms with Gasteiger partial charge in [-0.05, 0) is 25.3 Å². The van der Waals surface area contributed by atoms with E-state index in [1.807, 2.05) is 6.92 Å². The second kappa shape index (κ2) is 4.89. The van der Waals surface area contributed by atoms with E-state index >= 15 is 0 Å². The Morgan fingerprint density at radius 1 is 1.36 bits per heavy atom. The van der Waals surface area contributed by atoms with Crippen molar-refractivity contribution < 1.29 is 0 Å². The summed E-state index contributed by atoms with van der Waals surface area (Å²) in [5, 5.41) is 0. The highest BCUT2D eigenvalue weighted by Gasteiger charge is 1.98. The van der Waals surface area contributed by atoms with Gasteiger partial charge in [-0.3, -0.25) is 4.99 Å². The van der Waals surface area contributed by atoms with Crippen LogP contribution in [0.4, 0.5) is 0 Å². The Labute approximate surface area is 69.5 Å².